The molecule has 0 radical (unpaired) electrons. The van der Waals surface area contributed by atoms with Crippen molar-refractivity contribution in [2.75, 3.05) is 0 Å². The lowest BCUT2D eigenvalue weighted by atomic mass is 10.1. The Balaban J connectivity index is 3.06. The highest BCUT2D eigenvalue weighted by molar-refractivity contribution is 7.80. The van der Waals surface area contributed by atoms with E-state index in [2.05, 4.69) is 10.6 Å². The predicted molar refractivity (Wildman–Crippen MR) is 78.1 cm³/mol. The number of non-ortho nitro benzene ring substituents is 2. The second-order valence-electron chi connectivity index (χ2n) is 4.33. The average Bonchev–Trinajstić information content (AvgIpc) is 2.36. The molecule has 0 aliphatic heterocycles. The summed E-state index contributed by atoms with van der Waals surface area (Å²) >= 11 is 4.86. The molecule has 10 heteroatoms. The van der Waals surface area contributed by atoms with E-state index in [-0.39, 0.29) is 16.7 Å². The summed E-state index contributed by atoms with van der Waals surface area (Å²) in [6.45, 7) is 3.60. The maximum absolute atomic E-state index is 11.9. The number of nitro benzene ring substituents is 2. The van der Waals surface area contributed by atoms with Gasteiger partial charge in [0.1, 0.15) is 0 Å². The predicted octanol–water partition coefficient (Wildman–Crippen LogP) is 1.52. The molecular weight excluding hydrogens is 300 g/mol. The van der Waals surface area contributed by atoms with E-state index in [9.17, 15) is 25.0 Å². The number of hydrogen-bond acceptors (Lipinski definition) is 6. The topological polar surface area (TPSA) is 127 Å². The van der Waals surface area contributed by atoms with Crippen molar-refractivity contribution in [2.45, 2.75) is 19.9 Å². The average molecular weight is 312 g/mol. The monoisotopic (exact) mass is 312 g/mol. The number of nitrogens with one attached hydrogen (secondary N) is 2. The van der Waals surface area contributed by atoms with Crippen molar-refractivity contribution in [3.63, 3.8) is 0 Å². The zero-order chi connectivity index (χ0) is 16.2. The van der Waals surface area contributed by atoms with Crippen molar-refractivity contribution >= 4 is 34.6 Å². The van der Waals surface area contributed by atoms with Crippen LogP contribution in [0.5, 0.6) is 0 Å². The molecule has 1 rings (SSSR count). The molecule has 0 aliphatic carbocycles. The first-order valence-corrected chi connectivity index (χ1v) is 6.17. The second-order valence-corrected chi connectivity index (χ2v) is 4.74. The summed E-state index contributed by atoms with van der Waals surface area (Å²) in [6, 6.07) is 2.65. The van der Waals surface area contributed by atoms with Gasteiger partial charge in [-0.25, -0.2) is 0 Å². The van der Waals surface area contributed by atoms with Crippen LogP contribution in [0.2, 0.25) is 0 Å². The van der Waals surface area contributed by atoms with Crippen molar-refractivity contribution in [3.8, 4) is 0 Å². The Hall–Kier alpha value is -2.62. The molecular formula is C11H12N4O5S. The molecule has 0 aromatic heterocycles. The van der Waals surface area contributed by atoms with Crippen LogP contribution >= 0.6 is 12.2 Å². The first kappa shape index (κ1) is 16.4. The van der Waals surface area contributed by atoms with Gasteiger partial charge in [-0.15, -0.1) is 0 Å². The zero-order valence-electron chi connectivity index (χ0n) is 11.2. The summed E-state index contributed by atoms with van der Waals surface area (Å²) in [5.41, 5.74) is -1.31. The number of carbonyl (C=O) groups excluding carboxylic acids is 1. The fourth-order valence-corrected chi connectivity index (χ4v) is 1.74. The summed E-state index contributed by atoms with van der Waals surface area (Å²) in [6.07, 6.45) is 0. The highest BCUT2D eigenvalue weighted by Gasteiger charge is 2.20. The molecule has 1 aromatic rings. The maximum atomic E-state index is 11.9. The molecule has 0 saturated heterocycles. The number of benzene rings is 1. The van der Waals surface area contributed by atoms with Crippen molar-refractivity contribution in [1.82, 2.24) is 10.6 Å². The van der Waals surface area contributed by atoms with Gasteiger partial charge in [-0.05, 0) is 26.1 Å². The highest BCUT2D eigenvalue weighted by Crippen LogP contribution is 2.22. The molecule has 21 heavy (non-hydrogen) atoms. The van der Waals surface area contributed by atoms with Gasteiger partial charge in [0.25, 0.3) is 17.3 Å². The minimum atomic E-state index is -0.811. The summed E-state index contributed by atoms with van der Waals surface area (Å²) < 4.78 is 0. The van der Waals surface area contributed by atoms with Crippen LogP contribution in [0.4, 0.5) is 11.4 Å². The number of nitrogens with zero attached hydrogens (tertiary/aromatic N) is 2. The fourth-order valence-electron chi connectivity index (χ4n) is 1.41. The lowest BCUT2D eigenvalue weighted by Crippen LogP contribution is -2.42. The largest absolute Gasteiger partial charge is 0.360 e. The van der Waals surface area contributed by atoms with Crippen LogP contribution in [0.3, 0.4) is 0 Å². The van der Waals surface area contributed by atoms with Gasteiger partial charge < -0.3 is 5.32 Å². The Morgan fingerprint density at radius 3 is 2.00 bits per heavy atom. The van der Waals surface area contributed by atoms with Crippen molar-refractivity contribution in [2.24, 2.45) is 0 Å². The lowest BCUT2D eigenvalue weighted by molar-refractivity contribution is -0.394. The minimum Gasteiger partial charge on any atom is -0.360 e. The smallest absolute Gasteiger partial charge is 0.277 e. The summed E-state index contributed by atoms with van der Waals surface area (Å²) in [7, 11) is 0. The number of rotatable bonds is 4. The van der Waals surface area contributed by atoms with E-state index in [1.165, 1.54) is 0 Å². The van der Waals surface area contributed by atoms with E-state index in [1.807, 2.05) is 0 Å². The third-order valence-corrected chi connectivity index (χ3v) is 2.45. The van der Waals surface area contributed by atoms with E-state index in [1.54, 1.807) is 13.8 Å². The molecule has 0 saturated carbocycles. The molecule has 0 spiro atoms. The molecule has 2 N–H and O–H groups in total. The minimum absolute atomic E-state index is 0.0164. The number of thiocarbonyl (C=S) groups is 1. The Labute approximate surface area is 124 Å². The van der Waals surface area contributed by atoms with Crippen LogP contribution in [0.1, 0.15) is 24.2 Å². The molecule has 9 nitrogen and oxygen atoms in total. The Morgan fingerprint density at radius 2 is 1.62 bits per heavy atom. The van der Waals surface area contributed by atoms with E-state index in [4.69, 9.17) is 12.2 Å². The number of nitro groups is 2. The number of hydrogen-bond donors (Lipinski definition) is 2. The molecule has 112 valence electrons. The van der Waals surface area contributed by atoms with Crippen LogP contribution in [0.15, 0.2) is 18.2 Å². The highest BCUT2D eigenvalue weighted by atomic mass is 32.1. The summed E-state index contributed by atoms with van der Waals surface area (Å²) in [5.74, 6) is -0.764. The second kappa shape index (κ2) is 6.70. The molecule has 0 unspecified atom stereocenters. The van der Waals surface area contributed by atoms with Crippen LogP contribution in [0, 0.1) is 20.2 Å². The Bertz CT molecular complexity index is 584. The van der Waals surface area contributed by atoms with Crippen molar-refractivity contribution < 1.29 is 14.6 Å². The van der Waals surface area contributed by atoms with Gasteiger partial charge >= 0.3 is 0 Å². The third kappa shape index (κ3) is 4.76. The number of carbonyl (C=O) groups is 1. The van der Waals surface area contributed by atoms with Crippen LogP contribution in [0.25, 0.3) is 0 Å². The molecule has 1 aromatic carbocycles. The third-order valence-electron chi connectivity index (χ3n) is 2.23. The molecule has 1 amide bonds. The summed E-state index contributed by atoms with van der Waals surface area (Å²) in [5, 5.41) is 26.5. The molecule has 0 bridgehead atoms. The van der Waals surface area contributed by atoms with Gasteiger partial charge in [-0.1, -0.05) is 0 Å². The van der Waals surface area contributed by atoms with Gasteiger partial charge in [-0.3, -0.25) is 30.3 Å². The van der Waals surface area contributed by atoms with Gasteiger partial charge in [0, 0.05) is 18.2 Å². The molecule has 0 heterocycles. The lowest BCUT2D eigenvalue weighted by Gasteiger charge is -2.11. The quantitative estimate of drug-likeness (QED) is 0.490. The fraction of sp³-hybridized carbons (Fsp3) is 0.273. The van der Waals surface area contributed by atoms with Gasteiger partial charge in [-0.2, -0.15) is 0 Å². The Morgan fingerprint density at radius 1 is 1.14 bits per heavy atom. The molecule has 0 atom stereocenters. The van der Waals surface area contributed by atoms with Gasteiger partial charge in [0.15, 0.2) is 5.11 Å². The van der Waals surface area contributed by atoms with Gasteiger partial charge in [0.05, 0.1) is 21.5 Å². The van der Waals surface area contributed by atoms with E-state index >= 15 is 0 Å². The van der Waals surface area contributed by atoms with Gasteiger partial charge in [0.2, 0.25) is 0 Å². The first-order chi connectivity index (χ1) is 9.70. The molecule has 0 aliphatic rings. The molecule has 0 fully saturated rings. The van der Waals surface area contributed by atoms with Crippen LogP contribution in [-0.4, -0.2) is 26.9 Å². The van der Waals surface area contributed by atoms with E-state index < -0.39 is 27.1 Å². The van der Waals surface area contributed by atoms with Crippen molar-refractivity contribution in [3.05, 3.63) is 44.0 Å². The normalized spacial score (nSPS) is 10.0. The standard InChI is InChI=1S/C11H12N4O5S/c1-6(2)12-11(21)13-10(16)7-3-8(14(17)18)5-9(4-7)15(19)20/h3-6H,1-2H3,(H2,12,13,16,21). The maximum Gasteiger partial charge on any atom is 0.277 e. The SMILES string of the molecule is CC(C)NC(=S)NC(=O)c1cc([N+](=O)[O-])cc([N+](=O)[O-])c1. The summed E-state index contributed by atoms with van der Waals surface area (Å²) in [4.78, 5) is 31.7. The van der Waals surface area contributed by atoms with E-state index in [0.29, 0.717) is 0 Å². The van der Waals surface area contributed by atoms with Crippen molar-refractivity contribution in [1.29, 1.82) is 0 Å². The first-order valence-electron chi connectivity index (χ1n) is 5.76. The van der Waals surface area contributed by atoms with E-state index in [0.717, 1.165) is 18.2 Å². The Kier molecular flexibility index (Phi) is 5.24. The number of amides is 1. The zero-order valence-corrected chi connectivity index (χ0v) is 12.0. The van der Waals surface area contributed by atoms with Crippen LogP contribution in [-0.2, 0) is 0 Å². The van der Waals surface area contributed by atoms with Crippen LogP contribution < -0.4 is 10.6 Å².